The standard InChI is InChI=1S/C21H23N5O4/c1-25(7-6-15-10-23-24-11-15)20(28)18-9-16(19(22)27)13-26(21(18)29)12-14-4-3-5-17(8-14)30-2/h3-5,8-11,13H,6-7,12H2,1-2H3,(H2,22,27)(H,23,24). The molecule has 1 aromatic carbocycles. The highest BCUT2D eigenvalue weighted by Gasteiger charge is 2.20. The number of nitrogens with one attached hydrogen (secondary N) is 1. The zero-order chi connectivity index (χ0) is 21.7. The van der Waals surface area contributed by atoms with Crippen molar-refractivity contribution in [2.45, 2.75) is 13.0 Å². The fraction of sp³-hybridized carbons (Fsp3) is 0.238. The minimum atomic E-state index is -0.718. The van der Waals surface area contributed by atoms with Crippen molar-refractivity contribution in [1.29, 1.82) is 0 Å². The molecule has 2 amide bonds. The van der Waals surface area contributed by atoms with Crippen LogP contribution in [0.1, 0.15) is 31.8 Å². The summed E-state index contributed by atoms with van der Waals surface area (Å²) in [6.07, 6.45) is 5.36. The van der Waals surface area contributed by atoms with Gasteiger partial charge >= 0.3 is 0 Å². The molecule has 3 rings (SSSR count). The molecule has 0 fully saturated rings. The summed E-state index contributed by atoms with van der Waals surface area (Å²) in [6.45, 7) is 0.546. The Morgan fingerprint density at radius 3 is 2.73 bits per heavy atom. The number of amides is 2. The van der Waals surface area contributed by atoms with E-state index in [-0.39, 0.29) is 17.7 Å². The molecular formula is C21H23N5O4. The van der Waals surface area contributed by atoms with Crippen molar-refractivity contribution in [3.8, 4) is 5.75 Å². The van der Waals surface area contributed by atoms with E-state index in [1.54, 1.807) is 44.8 Å². The number of ether oxygens (including phenoxy) is 1. The Morgan fingerprint density at radius 1 is 1.27 bits per heavy atom. The minimum absolute atomic E-state index is 0.0871. The van der Waals surface area contributed by atoms with E-state index >= 15 is 0 Å². The molecule has 0 aliphatic carbocycles. The predicted octanol–water partition coefficient (Wildman–Crippen LogP) is 1.04. The number of rotatable bonds is 8. The van der Waals surface area contributed by atoms with Gasteiger partial charge in [0.25, 0.3) is 11.5 Å². The molecule has 9 heteroatoms. The first-order chi connectivity index (χ1) is 14.4. The first-order valence-electron chi connectivity index (χ1n) is 9.29. The van der Waals surface area contributed by atoms with Crippen molar-refractivity contribution in [1.82, 2.24) is 19.7 Å². The van der Waals surface area contributed by atoms with Crippen LogP contribution >= 0.6 is 0 Å². The van der Waals surface area contributed by atoms with Crippen molar-refractivity contribution >= 4 is 11.8 Å². The Labute approximate surface area is 173 Å². The van der Waals surface area contributed by atoms with Crippen molar-refractivity contribution < 1.29 is 14.3 Å². The van der Waals surface area contributed by atoms with E-state index in [1.807, 2.05) is 6.07 Å². The minimum Gasteiger partial charge on any atom is -0.497 e. The van der Waals surface area contributed by atoms with Gasteiger partial charge in [0.1, 0.15) is 11.3 Å². The van der Waals surface area contributed by atoms with Crippen molar-refractivity contribution in [3.63, 3.8) is 0 Å². The van der Waals surface area contributed by atoms with Crippen LogP contribution in [0.25, 0.3) is 0 Å². The monoisotopic (exact) mass is 409 g/mol. The third-order valence-electron chi connectivity index (χ3n) is 4.73. The summed E-state index contributed by atoms with van der Waals surface area (Å²) in [5.74, 6) is -0.558. The van der Waals surface area contributed by atoms with Gasteiger partial charge in [-0.25, -0.2) is 0 Å². The van der Waals surface area contributed by atoms with Gasteiger partial charge in [-0.3, -0.25) is 19.5 Å². The normalized spacial score (nSPS) is 10.6. The summed E-state index contributed by atoms with van der Waals surface area (Å²) in [6, 6.07) is 8.44. The van der Waals surface area contributed by atoms with Crippen LogP contribution < -0.4 is 16.0 Å². The second kappa shape index (κ2) is 9.08. The summed E-state index contributed by atoms with van der Waals surface area (Å²) >= 11 is 0. The highest BCUT2D eigenvalue weighted by atomic mass is 16.5. The van der Waals surface area contributed by atoms with Crippen LogP contribution in [0, 0.1) is 0 Å². The number of H-pyrrole nitrogens is 1. The Bertz CT molecular complexity index is 1100. The van der Waals surface area contributed by atoms with Gasteiger partial charge in [-0.2, -0.15) is 5.10 Å². The van der Waals surface area contributed by atoms with Gasteiger partial charge in [0.05, 0.1) is 25.4 Å². The summed E-state index contributed by atoms with van der Waals surface area (Å²) in [7, 11) is 3.15. The number of carbonyl (C=O) groups excluding carboxylic acids is 2. The first-order valence-corrected chi connectivity index (χ1v) is 9.29. The molecular weight excluding hydrogens is 386 g/mol. The van der Waals surface area contributed by atoms with Crippen LogP contribution in [-0.2, 0) is 13.0 Å². The molecule has 0 aliphatic rings. The van der Waals surface area contributed by atoms with E-state index in [2.05, 4.69) is 10.2 Å². The number of pyridine rings is 1. The fourth-order valence-corrected chi connectivity index (χ4v) is 3.03. The molecule has 0 saturated heterocycles. The van der Waals surface area contributed by atoms with Gasteiger partial charge in [-0.15, -0.1) is 0 Å². The molecule has 0 unspecified atom stereocenters. The van der Waals surface area contributed by atoms with E-state index in [9.17, 15) is 14.4 Å². The maximum absolute atomic E-state index is 13.0. The smallest absolute Gasteiger partial charge is 0.263 e. The van der Waals surface area contributed by atoms with Gasteiger partial charge in [0.2, 0.25) is 5.91 Å². The van der Waals surface area contributed by atoms with Gasteiger partial charge in [0.15, 0.2) is 0 Å². The van der Waals surface area contributed by atoms with Gasteiger partial charge in [0, 0.05) is 26.0 Å². The number of methoxy groups -OCH3 is 1. The molecule has 0 saturated carbocycles. The quantitative estimate of drug-likeness (QED) is 0.575. The Balaban J connectivity index is 1.90. The molecule has 0 bridgehead atoms. The molecule has 0 radical (unpaired) electrons. The van der Waals surface area contributed by atoms with Crippen molar-refractivity contribution in [2.24, 2.45) is 5.73 Å². The number of nitrogens with two attached hydrogens (primary N) is 1. The zero-order valence-corrected chi connectivity index (χ0v) is 16.8. The molecule has 156 valence electrons. The van der Waals surface area contributed by atoms with Crippen molar-refractivity contribution in [3.05, 3.63) is 81.5 Å². The third kappa shape index (κ3) is 4.75. The lowest BCUT2D eigenvalue weighted by molar-refractivity contribution is 0.0794. The van der Waals surface area contributed by atoms with Gasteiger partial charge in [-0.05, 0) is 35.7 Å². The van der Waals surface area contributed by atoms with Crippen LogP contribution in [0.15, 0.2) is 53.7 Å². The number of carbonyl (C=O) groups is 2. The van der Waals surface area contributed by atoms with E-state index in [0.29, 0.717) is 18.7 Å². The van der Waals surface area contributed by atoms with Gasteiger partial charge < -0.3 is 19.9 Å². The first kappa shape index (κ1) is 20.8. The van der Waals surface area contributed by atoms with E-state index in [1.165, 1.54) is 21.7 Å². The zero-order valence-electron chi connectivity index (χ0n) is 16.8. The van der Waals surface area contributed by atoms with E-state index < -0.39 is 17.4 Å². The molecule has 0 atom stereocenters. The molecule has 3 N–H and O–H groups in total. The third-order valence-corrected chi connectivity index (χ3v) is 4.73. The largest absolute Gasteiger partial charge is 0.497 e. The average Bonchev–Trinajstić information content (AvgIpc) is 3.26. The predicted molar refractivity (Wildman–Crippen MR) is 111 cm³/mol. The number of benzene rings is 1. The maximum atomic E-state index is 13.0. The number of aromatic nitrogens is 3. The number of nitrogens with zero attached hydrogens (tertiary/aromatic N) is 3. The topological polar surface area (TPSA) is 123 Å². The number of hydrogen-bond acceptors (Lipinski definition) is 5. The van der Waals surface area contributed by atoms with Crippen molar-refractivity contribution in [2.75, 3.05) is 20.7 Å². The van der Waals surface area contributed by atoms with Crippen LogP contribution in [0.5, 0.6) is 5.75 Å². The van der Waals surface area contributed by atoms with Crippen LogP contribution in [0.3, 0.4) is 0 Å². The fourth-order valence-electron chi connectivity index (χ4n) is 3.03. The summed E-state index contributed by atoms with van der Waals surface area (Å²) in [5.41, 5.74) is 6.64. The summed E-state index contributed by atoms with van der Waals surface area (Å²) < 4.78 is 6.52. The maximum Gasteiger partial charge on any atom is 0.263 e. The second-order valence-electron chi connectivity index (χ2n) is 6.87. The Kier molecular flexibility index (Phi) is 6.31. The number of hydrogen-bond donors (Lipinski definition) is 2. The molecule has 9 nitrogen and oxygen atoms in total. The SMILES string of the molecule is COc1cccc(Cn2cc(C(N)=O)cc(C(=O)N(C)CCc3cn[nH]c3)c2=O)c1. The highest BCUT2D eigenvalue weighted by Crippen LogP contribution is 2.14. The second-order valence-corrected chi connectivity index (χ2v) is 6.87. The number of aromatic amines is 1. The summed E-state index contributed by atoms with van der Waals surface area (Å²) in [5, 5.41) is 6.59. The van der Waals surface area contributed by atoms with Gasteiger partial charge in [-0.1, -0.05) is 12.1 Å². The molecule has 0 spiro atoms. The lowest BCUT2D eigenvalue weighted by Crippen LogP contribution is -2.36. The molecule has 2 heterocycles. The molecule has 3 aromatic rings. The van der Waals surface area contributed by atoms with E-state index in [4.69, 9.17) is 10.5 Å². The van der Waals surface area contributed by atoms with Crippen LogP contribution in [0.4, 0.5) is 0 Å². The number of likely N-dealkylation sites (N-methyl/N-ethyl adjacent to an activating group) is 1. The Morgan fingerprint density at radius 2 is 2.07 bits per heavy atom. The van der Waals surface area contributed by atoms with Crippen LogP contribution in [0.2, 0.25) is 0 Å². The molecule has 0 aliphatic heterocycles. The summed E-state index contributed by atoms with van der Waals surface area (Å²) in [4.78, 5) is 39.2. The Hall–Kier alpha value is -3.88. The molecule has 30 heavy (non-hydrogen) atoms. The average molecular weight is 409 g/mol. The van der Waals surface area contributed by atoms with E-state index in [0.717, 1.165) is 11.1 Å². The highest BCUT2D eigenvalue weighted by molar-refractivity contribution is 5.98. The lowest BCUT2D eigenvalue weighted by atomic mass is 10.1. The lowest BCUT2D eigenvalue weighted by Gasteiger charge is -2.18. The van der Waals surface area contributed by atoms with Crippen LogP contribution in [-0.4, -0.2) is 52.2 Å². The number of primary amides is 1. The molecule has 2 aromatic heterocycles.